The number of hydrogen-bond donors (Lipinski definition) is 1. The minimum Gasteiger partial charge on any atom is -0.493 e. The lowest BCUT2D eigenvalue weighted by atomic mass is 10.0. The Morgan fingerprint density at radius 2 is 1.69 bits per heavy atom. The van der Waals surface area contributed by atoms with Crippen molar-refractivity contribution in [2.75, 3.05) is 12.4 Å². The molecule has 0 heterocycles. The van der Waals surface area contributed by atoms with Crippen LogP contribution in [0.5, 0.6) is 11.5 Å². The number of rotatable bonds is 7. The van der Waals surface area contributed by atoms with Crippen LogP contribution in [0.3, 0.4) is 0 Å². The Kier molecular flexibility index (Phi) is 7.30. The van der Waals surface area contributed by atoms with Crippen molar-refractivity contribution in [3.63, 3.8) is 0 Å². The molecular weight excluding hydrogens is 400 g/mol. The van der Waals surface area contributed by atoms with Crippen molar-refractivity contribution in [2.45, 2.75) is 27.4 Å². The van der Waals surface area contributed by atoms with E-state index in [1.54, 1.807) is 25.3 Å². The number of methoxy groups -OCH3 is 1. The smallest absolute Gasteiger partial charge is 0.266 e. The maximum Gasteiger partial charge on any atom is 0.266 e. The van der Waals surface area contributed by atoms with Crippen LogP contribution >= 0.6 is 0 Å². The van der Waals surface area contributed by atoms with E-state index in [1.165, 1.54) is 6.08 Å². The van der Waals surface area contributed by atoms with Crippen LogP contribution in [0, 0.1) is 32.1 Å². The molecular formula is C27H26N2O3. The van der Waals surface area contributed by atoms with Crippen molar-refractivity contribution in [1.29, 1.82) is 5.26 Å². The molecule has 0 radical (unpaired) electrons. The number of nitrogens with one attached hydrogen (secondary N) is 1. The fourth-order valence-corrected chi connectivity index (χ4v) is 3.50. The van der Waals surface area contributed by atoms with Crippen LogP contribution in [0.25, 0.3) is 6.08 Å². The van der Waals surface area contributed by atoms with Crippen molar-refractivity contribution < 1.29 is 14.3 Å². The van der Waals surface area contributed by atoms with Crippen LogP contribution in [0.4, 0.5) is 5.69 Å². The number of carbonyl (C=O) groups is 1. The van der Waals surface area contributed by atoms with Crippen LogP contribution in [-0.2, 0) is 11.4 Å². The topological polar surface area (TPSA) is 71.3 Å². The van der Waals surface area contributed by atoms with Gasteiger partial charge in [0.2, 0.25) is 0 Å². The number of aryl methyl sites for hydroxylation is 3. The molecule has 0 bridgehead atoms. The number of ether oxygens (including phenoxy) is 2. The van der Waals surface area contributed by atoms with Crippen LogP contribution < -0.4 is 14.8 Å². The fraction of sp³-hybridized carbons (Fsp3) is 0.185. The third-order valence-corrected chi connectivity index (χ3v) is 5.02. The second-order valence-corrected chi connectivity index (χ2v) is 7.58. The van der Waals surface area contributed by atoms with E-state index in [4.69, 9.17) is 9.47 Å². The summed E-state index contributed by atoms with van der Waals surface area (Å²) in [6.45, 7) is 6.29. The first-order valence-electron chi connectivity index (χ1n) is 10.3. The fourth-order valence-electron chi connectivity index (χ4n) is 3.50. The van der Waals surface area contributed by atoms with Crippen molar-refractivity contribution >= 4 is 17.7 Å². The van der Waals surface area contributed by atoms with Crippen LogP contribution in [-0.4, -0.2) is 13.0 Å². The van der Waals surface area contributed by atoms with Gasteiger partial charge < -0.3 is 14.8 Å². The number of anilines is 1. The number of nitrogens with zero attached hydrogens (tertiary/aromatic N) is 1. The van der Waals surface area contributed by atoms with Gasteiger partial charge in [-0.3, -0.25) is 4.79 Å². The van der Waals surface area contributed by atoms with E-state index in [0.29, 0.717) is 23.7 Å². The number of hydrogen-bond acceptors (Lipinski definition) is 4. The number of amides is 1. The lowest BCUT2D eigenvalue weighted by molar-refractivity contribution is -0.112. The first-order valence-corrected chi connectivity index (χ1v) is 10.3. The third-order valence-electron chi connectivity index (χ3n) is 5.02. The zero-order valence-electron chi connectivity index (χ0n) is 18.7. The Bertz CT molecular complexity index is 1170. The second kappa shape index (κ2) is 10.3. The lowest BCUT2D eigenvalue weighted by Crippen LogP contribution is -2.15. The van der Waals surface area contributed by atoms with Gasteiger partial charge in [0.15, 0.2) is 11.5 Å². The van der Waals surface area contributed by atoms with E-state index in [1.807, 2.05) is 69.3 Å². The van der Waals surface area contributed by atoms with Gasteiger partial charge in [-0.25, -0.2) is 0 Å². The lowest BCUT2D eigenvalue weighted by Gasteiger charge is -2.13. The SMILES string of the molecule is COc1cc(/C=C(\C#N)C(=O)Nc2c(C)cc(C)cc2C)ccc1OCc1ccccc1. The predicted octanol–water partition coefficient (Wildman–Crippen LogP) is 5.75. The molecule has 0 aromatic heterocycles. The quantitative estimate of drug-likeness (QED) is 0.386. The molecule has 1 amide bonds. The third kappa shape index (κ3) is 5.55. The number of carbonyl (C=O) groups excluding carboxylic acids is 1. The molecule has 162 valence electrons. The molecule has 0 fully saturated rings. The largest absolute Gasteiger partial charge is 0.493 e. The molecule has 5 heteroatoms. The van der Waals surface area contributed by atoms with E-state index in [9.17, 15) is 10.1 Å². The van der Waals surface area contributed by atoms with Crippen LogP contribution in [0.2, 0.25) is 0 Å². The summed E-state index contributed by atoms with van der Waals surface area (Å²) in [5, 5.41) is 12.4. The average Bonchev–Trinajstić information content (AvgIpc) is 2.79. The maximum atomic E-state index is 12.8. The Morgan fingerprint density at radius 3 is 2.31 bits per heavy atom. The van der Waals surface area contributed by atoms with Gasteiger partial charge in [-0.2, -0.15) is 5.26 Å². The molecule has 3 aromatic rings. The van der Waals surface area contributed by atoms with Gasteiger partial charge in [-0.15, -0.1) is 0 Å². The minimum absolute atomic E-state index is 0.00406. The normalized spacial score (nSPS) is 10.9. The number of nitriles is 1. The Morgan fingerprint density at radius 1 is 1.00 bits per heavy atom. The number of benzene rings is 3. The summed E-state index contributed by atoms with van der Waals surface area (Å²) in [5.74, 6) is 0.658. The first-order chi connectivity index (χ1) is 15.4. The highest BCUT2D eigenvalue weighted by Gasteiger charge is 2.14. The highest BCUT2D eigenvalue weighted by atomic mass is 16.5. The molecule has 5 nitrogen and oxygen atoms in total. The average molecular weight is 427 g/mol. The molecule has 3 aromatic carbocycles. The molecule has 0 spiro atoms. The molecule has 3 rings (SSSR count). The van der Waals surface area contributed by atoms with E-state index in [-0.39, 0.29) is 5.57 Å². The van der Waals surface area contributed by atoms with Gasteiger partial charge in [0, 0.05) is 5.69 Å². The molecule has 0 saturated carbocycles. The summed E-state index contributed by atoms with van der Waals surface area (Å²) in [6, 6.07) is 21.1. The van der Waals surface area contributed by atoms with Gasteiger partial charge in [0.1, 0.15) is 18.2 Å². The standard InChI is InChI=1S/C27H26N2O3/c1-18-12-19(2)26(20(3)13-18)29-27(30)23(16-28)14-22-10-11-24(25(15-22)31-4)32-17-21-8-6-5-7-9-21/h5-15H,17H2,1-4H3,(H,29,30)/b23-14+. The summed E-state index contributed by atoms with van der Waals surface area (Å²) in [4.78, 5) is 12.8. The minimum atomic E-state index is -0.453. The van der Waals surface area contributed by atoms with Gasteiger partial charge >= 0.3 is 0 Å². The summed E-state index contributed by atoms with van der Waals surface area (Å²) < 4.78 is 11.3. The van der Waals surface area contributed by atoms with Gasteiger partial charge in [-0.05, 0) is 61.2 Å². The zero-order valence-corrected chi connectivity index (χ0v) is 18.7. The molecule has 0 aliphatic rings. The highest BCUT2D eigenvalue weighted by molar-refractivity contribution is 6.10. The molecule has 0 aliphatic heterocycles. The molecule has 0 atom stereocenters. The van der Waals surface area contributed by atoms with Crippen molar-refractivity contribution in [2.24, 2.45) is 0 Å². The molecule has 32 heavy (non-hydrogen) atoms. The van der Waals surface area contributed by atoms with Crippen molar-refractivity contribution in [1.82, 2.24) is 0 Å². The summed E-state index contributed by atoms with van der Waals surface area (Å²) in [7, 11) is 1.55. The van der Waals surface area contributed by atoms with Crippen molar-refractivity contribution in [3.05, 3.63) is 94.1 Å². The van der Waals surface area contributed by atoms with Gasteiger partial charge in [-0.1, -0.05) is 54.1 Å². The summed E-state index contributed by atoms with van der Waals surface area (Å²) >= 11 is 0. The Hall–Kier alpha value is -4.04. The van der Waals surface area contributed by atoms with E-state index >= 15 is 0 Å². The van der Waals surface area contributed by atoms with E-state index in [2.05, 4.69) is 5.32 Å². The molecule has 1 N–H and O–H groups in total. The molecule has 0 saturated heterocycles. The van der Waals surface area contributed by atoms with Gasteiger partial charge in [0.05, 0.1) is 7.11 Å². The zero-order chi connectivity index (χ0) is 23.1. The monoisotopic (exact) mass is 426 g/mol. The van der Waals surface area contributed by atoms with Gasteiger partial charge in [0.25, 0.3) is 5.91 Å². The maximum absolute atomic E-state index is 12.8. The Labute approximate surface area is 188 Å². The molecule has 0 aliphatic carbocycles. The predicted molar refractivity (Wildman–Crippen MR) is 127 cm³/mol. The summed E-state index contributed by atoms with van der Waals surface area (Å²) in [6.07, 6.45) is 1.54. The second-order valence-electron chi connectivity index (χ2n) is 7.58. The van der Waals surface area contributed by atoms with Crippen LogP contribution in [0.1, 0.15) is 27.8 Å². The van der Waals surface area contributed by atoms with E-state index < -0.39 is 5.91 Å². The highest BCUT2D eigenvalue weighted by Crippen LogP contribution is 2.30. The van der Waals surface area contributed by atoms with Crippen LogP contribution in [0.15, 0.2) is 66.2 Å². The van der Waals surface area contributed by atoms with E-state index in [0.717, 1.165) is 27.9 Å². The summed E-state index contributed by atoms with van der Waals surface area (Å²) in [5.41, 5.74) is 5.47. The first kappa shape index (κ1) is 22.6. The molecule has 0 unspecified atom stereocenters. The Balaban J connectivity index is 1.79. The van der Waals surface area contributed by atoms with Crippen molar-refractivity contribution in [3.8, 4) is 17.6 Å².